The first-order valence-electron chi connectivity index (χ1n) is 6.05. The molecule has 1 fully saturated rings. The lowest BCUT2D eigenvalue weighted by Crippen LogP contribution is -2.31. The van der Waals surface area contributed by atoms with Crippen LogP contribution in [0.2, 0.25) is 0 Å². The average Bonchev–Trinajstić information content (AvgIpc) is 2.29. The van der Waals surface area contributed by atoms with Crippen molar-refractivity contribution in [1.82, 2.24) is 0 Å². The van der Waals surface area contributed by atoms with E-state index in [9.17, 15) is 0 Å². The fourth-order valence-corrected chi connectivity index (χ4v) is 2.45. The first-order chi connectivity index (χ1) is 7.59. The van der Waals surface area contributed by atoms with E-state index < -0.39 is 0 Å². The van der Waals surface area contributed by atoms with E-state index in [1.807, 2.05) is 0 Å². The minimum atomic E-state index is -0.255. The monoisotopic (exact) mass is 219 g/mol. The van der Waals surface area contributed by atoms with Crippen LogP contribution >= 0.6 is 0 Å². The molecule has 88 valence electrons. The van der Waals surface area contributed by atoms with Crippen molar-refractivity contribution in [2.45, 2.75) is 38.1 Å². The predicted octanol–water partition coefficient (Wildman–Crippen LogP) is 2.77. The standard InChI is InChI=1S/C14H21NO/c1-14(2,15)13-6-4-3-5-12(13)11-7-9-16-10-8-11/h3-6,11H,7-10,15H2,1-2H3. The Morgan fingerprint density at radius 2 is 1.81 bits per heavy atom. The van der Waals surface area contributed by atoms with Crippen LogP contribution in [0.1, 0.15) is 43.7 Å². The molecule has 0 radical (unpaired) electrons. The van der Waals surface area contributed by atoms with Gasteiger partial charge >= 0.3 is 0 Å². The van der Waals surface area contributed by atoms with Gasteiger partial charge in [-0.15, -0.1) is 0 Å². The molecule has 0 atom stereocenters. The second kappa shape index (κ2) is 4.56. The molecule has 0 amide bonds. The second-order valence-electron chi connectivity index (χ2n) is 5.20. The number of ether oxygens (including phenoxy) is 1. The van der Waals surface area contributed by atoms with Crippen molar-refractivity contribution >= 4 is 0 Å². The molecule has 0 saturated carbocycles. The molecule has 0 spiro atoms. The Morgan fingerprint density at radius 1 is 1.19 bits per heavy atom. The summed E-state index contributed by atoms with van der Waals surface area (Å²) in [6, 6.07) is 8.57. The first kappa shape index (κ1) is 11.6. The fourth-order valence-electron chi connectivity index (χ4n) is 2.45. The molecule has 0 bridgehead atoms. The predicted molar refractivity (Wildman–Crippen MR) is 66.4 cm³/mol. The lowest BCUT2D eigenvalue weighted by molar-refractivity contribution is 0.0849. The summed E-state index contributed by atoms with van der Waals surface area (Å²) >= 11 is 0. The Kier molecular flexibility index (Phi) is 3.31. The van der Waals surface area contributed by atoms with Gasteiger partial charge in [-0.3, -0.25) is 0 Å². The minimum absolute atomic E-state index is 0.255. The molecule has 0 unspecified atom stereocenters. The van der Waals surface area contributed by atoms with E-state index in [0.717, 1.165) is 26.1 Å². The molecule has 1 aliphatic heterocycles. The van der Waals surface area contributed by atoms with Gasteiger partial charge < -0.3 is 10.5 Å². The molecule has 1 heterocycles. The van der Waals surface area contributed by atoms with Crippen LogP contribution in [-0.2, 0) is 10.3 Å². The quantitative estimate of drug-likeness (QED) is 0.830. The molecule has 16 heavy (non-hydrogen) atoms. The van der Waals surface area contributed by atoms with Gasteiger partial charge in [0.15, 0.2) is 0 Å². The maximum absolute atomic E-state index is 6.23. The zero-order chi connectivity index (χ0) is 11.6. The Hall–Kier alpha value is -0.860. The summed E-state index contributed by atoms with van der Waals surface area (Å²) in [4.78, 5) is 0. The fraction of sp³-hybridized carbons (Fsp3) is 0.571. The van der Waals surface area contributed by atoms with Gasteiger partial charge in [0.25, 0.3) is 0 Å². The number of hydrogen-bond donors (Lipinski definition) is 1. The van der Waals surface area contributed by atoms with E-state index in [1.165, 1.54) is 11.1 Å². The van der Waals surface area contributed by atoms with Crippen LogP contribution in [0.25, 0.3) is 0 Å². The minimum Gasteiger partial charge on any atom is -0.381 e. The van der Waals surface area contributed by atoms with Gasteiger partial charge in [0.05, 0.1) is 0 Å². The Labute approximate surface area is 97.8 Å². The number of rotatable bonds is 2. The lowest BCUT2D eigenvalue weighted by Gasteiger charge is -2.29. The number of benzene rings is 1. The van der Waals surface area contributed by atoms with Crippen LogP contribution < -0.4 is 5.73 Å². The van der Waals surface area contributed by atoms with E-state index in [0.29, 0.717) is 5.92 Å². The second-order valence-corrected chi connectivity index (χ2v) is 5.20. The van der Waals surface area contributed by atoms with Crippen LogP contribution in [0, 0.1) is 0 Å². The van der Waals surface area contributed by atoms with E-state index in [-0.39, 0.29) is 5.54 Å². The zero-order valence-corrected chi connectivity index (χ0v) is 10.2. The van der Waals surface area contributed by atoms with E-state index in [2.05, 4.69) is 38.1 Å². The zero-order valence-electron chi connectivity index (χ0n) is 10.2. The molecular weight excluding hydrogens is 198 g/mol. The third kappa shape index (κ3) is 2.45. The van der Waals surface area contributed by atoms with Crippen molar-refractivity contribution in [3.8, 4) is 0 Å². The highest BCUT2D eigenvalue weighted by Crippen LogP contribution is 2.33. The topological polar surface area (TPSA) is 35.2 Å². The normalized spacial score (nSPS) is 18.7. The van der Waals surface area contributed by atoms with Gasteiger partial charge in [-0.05, 0) is 43.7 Å². The molecule has 0 aromatic heterocycles. The van der Waals surface area contributed by atoms with Crippen molar-refractivity contribution in [3.05, 3.63) is 35.4 Å². The smallest absolute Gasteiger partial charge is 0.0471 e. The van der Waals surface area contributed by atoms with Gasteiger partial charge in [0.2, 0.25) is 0 Å². The molecule has 2 rings (SSSR count). The molecule has 1 saturated heterocycles. The van der Waals surface area contributed by atoms with Gasteiger partial charge in [0.1, 0.15) is 0 Å². The number of hydrogen-bond acceptors (Lipinski definition) is 2. The Bertz CT molecular complexity index is 348. The third-order valence-electron chi connectivity index (χ3n) is 3.32. The molecule has 1 aromatic rings. The van der Waals surface area contributed by atoms with Crippen LogP contribution in [0.4, 0.5) is 0 Å². The van der Waals surface area contributed by atoms with Gasteiger partial charge in [0, 0.05) is 18.8 Å². The highest BCUT2D eigenvalue weighted by molar-refractivity contribution is 5.35. The van der Waals surface area contributed by atoms with Crippen LogP contribution in [0.3, 0.4) is 0 Å². The van der Waals surface area contributed by atoms with Crippen LogP contribution in [-0.4, -0.2) is 13.2 Å². The summed E-state index contributed by atoms with van der Waals surface area (Å²) in [7, 11) is 0. The molecular formula is C14H21NO. The Morgan fingerprint density at radius 3 is 2.44 bits per heavy atom. The lowest BCUT2D eigenvalue weighted by atomic mass is 9.82. The molecule has 1 aromatic carbocycles. The summed E-state index contributed by atoms with van der Waals surface area (Å²) in [5, 5.41) is 0. The number of nitrogens with two attached hydrogens (primary N) is 1. The highest BCUT2D eigenvalue weighted by atomic mass is 16.5. The van der Waals surface area contributed by atoms with Crippen molar-refractivity contribution < 1.29 is 4.74 Å². The summed E-state index contributed by atoms with van der Waals surface area (Å²) in [6.45, 7) is 5.91. The summed E-state index contributed by atoms with van der Waals surface area (Å²) in [5.74, 6) is 0.618. The SMILES string of the molecule is CC(C)(N)c1ccccc1C1CCOCC1. The maximum atomic E-state index is 6.23. The third-order valence-corrected chi connectivity index (χ3v) is 3.32. The van der Waals surface area contributed by atoms with Crippen LogP contribution in [0.5, 0.6) is 0 Å². The molecule has 0 aliphatic carbocycles. The summed E-state index contributed by atoms with van der Waals surface area (Å²) < 4.78 is 5.42. The maximum Gasteiger partial charge on any atom is 0.0471 e. The Balaban J connectivity index is 2.32. The van der Waals surface area contributed by atoms with Crippen molar-refractivity contribution in [3.63, 3.8) is 0 Å². The molecule has 2 nitrogen and oxygen atoms in total. The van der Waals surface area contributed by atoms with E-state index >= 15 is 0 Å². The van der Waals surface area contributed by atoms with E-state index in [4.69, 9.17) is 10.5 Å². The largest absolute Gasteiger partial charge is 0.381 e. The van der Waals surface area contributed by atoms with Crippen LogP contribution in [0.15, 0.2) is 24.3 Å². The van der Waals surface area contributed by atoms with E-state index in [1.54, 1.807) is 0 Å². The van der Waals surface area contributed by atoms with Gasteiger partial charge in [-0.2, -0.15) is 0 Å². The summed E-state index contributed by atoms with van der Waals surface area (Å²) in [5.41, 5.74) is 8.67. The van der Waals surface area contributed by atoms with Gasteiger partial charge in [-0.1, -0.05) is 24.3 Å². The first-order valence-corrected chi connectivity index (χ1v) is 6.05. The molecule has 1 aliphatic rings. The van der Waals surface area contributed by atoms with Crippen molar-refractivity contribution in [2.75, 3.05) is 13.2 Å². The molecule has 2 heteroatoms. The van der Waals surface area contributed by atoms with Gasteiger partial charge in [-0.25, -0.2) is 0 Å². The summed E-state index contributed by atoms with van der Waals surface area (Å²) in [6.07, 6.45) is 2.24. The molecule has 2 N–H and O–H groups in total. The van der Waals surface area contributed by atoms with Crippen molar-refractivity contribution in [1.29, 1.82) is 0 Å². The highest BCUT2D eigenvalue weighted by Gasteiger charge is 2.24. The van der Waals surface area contributed by atoms with Crippen molar-refractivity contribution in [2.24, 2.45) is 5.73 Å². The average molecular weight is 219 g/mol.